The van der Waals surface area contributed by atoms with Gasteiger partial charge in [0.05, 0.1) is 0 Å². The Bertz CT molecular complexity index is 583. The molecule has 0 aliphatic heterocycles. The summed E-state index contributed by atoms with van der Waals surface area (Å²) in [6.45, 7) is 6.49. The van der Waals surface area contributed by atoms with Gasteiger partial charge in [0.25, 0.3) is 5.91 Å². The topological polar surface area (TPSA) is 29.1 Å². The molecule has 0 fully saturated rings. The first-order chi connectivity index (χ1) is 9.58. The number of nitrogens with one attached hydrogen (secondary N) is 1. The van der Waals surface area contributed by atoms with Crippen LogP contribution in [0.15, 0.2) is 42.5 Å². The number of hydrogen-bond acceptors (Lipinski definition) is 1. The first-order valence-corrected chi connectivity index (χ1v) is 7.36. The molecule has 0 aliphatic carbocycles. The summed E-state index contributed by atoms with van der Waals surface area (Å²) in [6.07, 6.45) is 2.16. The van der Waals surface area contributed by atoms with Crippen molar-refractivity contribution in [3.63, 3.8) is 0 Å². The molecule has 2 heteroatoms. The zero-order chi connectivity index (χ0) is 14.5. The van der Waals surface area contributed by atoms with Crippen molar-refractivity contribution in [1.82, 2.24) is 5.32 Å². The molecule has 0 saturated heterocycles. The number of carbonyl (C=O) groups excluding carboxylic acids is 1. The van der Waals surface area contributed by atoms with Gasteiger partial charge < -0.3 is 5.32 Å². The van der Waals surface area contributed by atoms with E-state index in [1.165, 1.54) is 0 Å². The van der Waals surface area contributed by atoms with Gasteiger partial charge in [0, 0.05) is 11.6 Å². The van der Waals surface area contributed by atoms with Crippen LogP contribution in [0.5, 0.6) is 0 Å². The minimum Gasteiger partial charge on any atom is -0.350 e. The molecule has 0 bridgehead atoms. The zero-order valence-electron chi connectivity index (χ0n) is 12.5. The molecule has 1 unspecified atom stereocenters. The number of rotatable bonds is 5. The van der Waals surface area contributed by atoms with Crippen LogP contribution in [0.2, 0.25) is 0 Å². The van der Waals surface area contributed by atoms with Gasteiger partial charge in [-0.1, -0.05) is 50.2 Å². The molecule has 2 rings (SSSR count). The van der Waals surface area contributed by atoms with Crippen LogP contribution in [0.1, 0.15) is 44.0 Å². The van der Waals surface area contributed by atoms with Gasteiger partial charge in [0.2, 0.25) is 0 Å². The van der Waals surface area contributed by atoms with E-state index in [1.807, 2.05) is 42.5 Å². The highest BCUT2D eigenvalue weighted by Gasteiger charge is 2.12. The van der Waals surface area contributed by atoms with E-state index in [1.54, 1.807) is 0 Å². The minimum absolute atomic E-state index is 0.0260. The highest BCUT2D eigenvalue weighted by Crippen LogP contribution is 2.18. The van der Waals surface area contributed by atoms with E-state index in [0.29, 0.717) is 5.92 Å². The summed E-state index contributed by atoms with van der Waals surface area (Å²) in [7, 11) is 0. The first-order valence-electron chi connectivity index (χ1n) is 7.36. The lowest BCUT2D eigenvalue weighted by molar-refractivity contribution is 0.0939. The van der Waals surface area contributed by atoms with Crippen LogP contribution >= 0.6 is 0 Å². The monoisotopic (exact) mass is 269 g/mol. The Morgan fingerprint density at radius 3 is 2.45 bits per heavy atom. The Kier molecular flexibility index (Phi) is 4.78. The third-order valence-electron chi connectivity index (χ3n) is 3.59. The van der Waals surface area contributed by atoms with E-state index in [-0.39, 0.29) is 11.9 Å². The first kappa shape index (κ1) is 14.6. The molecule has 0 saturated carbocycles. The van der Waals surface area contributed by atoms with Crippen LogP contribution in [0.3, 0.4) is 0 Å². The second-order valence-corrected chi connectivity index (χ2v) is 5.87. The fourth-order valence-electron chi connectivity index (χ4n) is 2.38. The summed E-state index contributed by atoms with van der Waals surface area (Å²) < 4.78 is 0. The van der Waals surface area contributed by atoms with Crippen molar-refractivity contribution in [1.29, 1.82) is 0 Å². The number of hydrogen-bond donors (Lipinski definition) is 1. The van der Waals surface area contributed by atoms with E-state index >= 15 is 0 Å². The van der Waals surface area contributed by atoms with E-state index < -0.39 is 0 Å². The smallest absolute Gasteiger partial charge is 0.252 e. The van der Waals surface area contributed by atoms with E-state index in [2.05, 4.69) is 26.1 Å². The molecule has 106 valence electrons. The fourth-order valence-corrected chi connectivity index (χ4v) is 2.38. The summed E-state index contributed by atoms with van der Waals surface area (Å²) in [5.41, 5.74) is 0.763. The Morgan fingerprint density at radius 2 is 1.70 bits per heavy atom. The second-order valence-electron chi connectivity index (χ2n) is 5.87. The standard InChI is InChI=1S/C18H23NO/c1-13(2)11-12-14(3)19-18(20)17-10-6-8-15-7-4-5-9-16(15)17/h4-10,13-14H,11-12H2,1-3H3,(H,19,20). The van der Waals surface area contributed by atoms with Gasteiger partial charge in [0.15, 0.2) is 0 Å². The molecule has 1 N–H and O–H groups in total. The summed E-state index contributed by atoms with van der Waals surface area (Å²) in [5.74, 6) is 0.699. The molecule has 1 atom stereocenters. The van der Waals surface area contributed by atoms with Crippen molar-refractivity contribution in [3.05, 3.63) is 48.0 Å². The van der Waals surface area contributed by atoms with E-state index in [9.17, 15) is 4.79 Å². The van der Waals surface area contributed by atoms with Gasteiger partial charge >= 0.3 is 0 Å². The number of benzene rings is 2. The van der Waals surface area contributed by atoms with Gasteiger partial charge in [0.1, 0.15) is 0 Å². The average Bonchev–Trinajstić information content (AvgIpc) is 2.44. The maximum absolute atomic E-state index is 12.4. The van der Waals surface area contributed by atoms with Crippen LogP contribution in [0, 0.1) is 5.92 Å². The molecule has 2 nitrogen and oxygen atoms in total. The predicted molar refractivity (Wildman–Crippen MR) is 84.9 cm³/mol. The van der Waals surface area contributed by atoms with Crippen molar-refractivity contribution in [2.75, 3.05) is 0 Å². The van der Waals surface area contributed by atoms with Crippen LogP contribution in [0.4, 0.5) is 0 Å². The summed E-state index contributed by atoms with van der Waals surface area (Å²) in [4.78, 5) is 12.4. The van der Waals surface area contributed by atoms with Crippen molar-refractivity contribution < 1.29 is 4.79 Å². The lowest BCUT2D eigenvalue weighted by Gasteiger charge is -2.16. The molecule has 0 aromatic heterocycles. The van der Waals surface area contributed by atoms with Gasteiger partial charge in [-0.2, -0.15) is 0 Å². The molecule has 2 aromatic carbocycles. The molecule has 1 amide bonds. The maximum Gasteiger partial charge on any atom is 0.252 e. The normalized spacial score (nSPS) is 12.6. The third-order valence-corrected chi connectivity index (χ3v) is 3.59. The quantitative estimate of drug-likeness (QED) is 0.856. The van der Waals surface area contributed by atoms with Gasteiger partial charge in [-0.3, -0.25) is 4.79 Å². The van der Waals surface area contributed by atoms with Gasteiger partial charge in [-0.05, 0) is 42.5 Å². The van der Waals surface area contributed by atoms with Crippen molar-refractivity contribution in [2.24, 2.45) is 5.92 Å². The molecule has 0 aliphatic rings. The van der Waals surface area contributed by atoms with Crippen molar-refractivity contribution in [3.8, 4) is 0 Å². The molecule has 2 aromatic rings. The van der Waals surface area contributed by atoms with Crippen LogP contribution < -0.4 is 5.32 Å². The number of amides is 1. The Balaban J connectivity index is 2.11. The number of fused-ring (bicyclic) bond motifs is 1. The van der Waals surface area contributed by atoms with Crippen LogP contribution in [-0.2, 0) is 0 Å². The summed E-state index contributed by atoms with van der Waals surface area (Å²) in [6, 6.07) is 14.1. The molecule has 20 heavy (non-hydrogen) atoms. The molecule has 0 spiro atoms. The van der Waals surface area contributed by atoms with Gasteiger partial charge in [-0.15, -0.1) is 0 Å². The van der Waals surface area contributed by atoms with E-state index in [0.717, 1.165) is 29.2 Å². The highest BCUT2D eigenvalue weighted by atomic mass is 16.1. The highest BCUT2D eigenvalue weighted by molar-refractivity contribution is 6.07. The summed E-state index contributed by atoms with van der Waals surface area (Å²) in [5, 5.41) is 5.23. The van der Waals surface area contributed by atoms with Crippen molar-refractivity contribution >= 4 is 16.7 Å². The van der Waals surface area contributed by atoms with Crippen molar-refractivity contribution in [2.45, 2.75) is 39.7 Å². The van der Waals surface area contributed by atoms with E-state index in [4.69, 9.17) is 0 Å². The number of carbonyl (C=O) groups is 1. The minimum atomic E-state index is 0.0260. The molecule has 0 heterocycles. The largest absolute Gasteiger partial charge is 0.350 e. The SMILES string of the molecule is CC(C)CCC(C)NC(=O)c1cccc2ccccc12. The summed E-state index contributed by atoms with van der Waals surface area (Å²) >= 11 is 0. The van der Waals surface area contributed by atoms with Crippen LogP contribution in [-0.4, -0.2) is 11.9 Å². The Labute approximate surface area is 121 Å². The molecule has 0 radical (unpaired) electrons. The lowest BCUT2D eigenvalue weighted by Crippen LogP contribution is -2.32. The lowest BCUT2D eigenvalue weighted by atomic mass is 10.0. The fraction of sp³-hybridized carbons (Fsp3) is 0.389. The maximum atomic E-state index is 12.4. The molecular weight excluding hydrogens is 246 g/mol. The second kappa shape index (κ2) is 6.56. The molecular formula is C18H23NO. The van der Waals surface area contributed by atoms with Crippen LogP contribution in [0.25, 0.3) is 10.8 Å². The Hall–Kier alpha value is -1.83. The Morgan fingerprint density at radius 1 is 1.00 bits per heavy atom. The average molecular weight is 269 g/mol. The zero-order valence-corrected chi connectivity index (χ0v) is 12.5. The van der Waals surface area contributed by atoms with Gasteiger partial charge in [-0.25, -0.2) is 0 Å². The predicted octanol–water partition coefficient (Wildman–Crippen LogP) is 4.39. The third kappa shape index (κ3) is 3.60.